The topological polar surface area (TPSA) is 70.2 Å². The van der Waals surface area contributed by atoms with Gasteiger partial charge in [-0.05, 0) is 48.6 Å². The Hall–Kier alpha value is -2.82. The van der Waals surface area contributed by atoms with E-state index in [9.17, 15) is 9.59 Å². The van der Waals surface area contributed by atoms with E-state index in [1.165, 1.54) is 0 Å². The van der Waals surface area contributed by atoms with Gasteiger partial charge in [0.25, 0.3) is 0 Å². The second kappa shape index (κ2) is 10.5. The molecule has 1 unspecified atom stereocenters. The summed E-state index contributed by atoms with van der Waals surface area (Å²) in [6, 6.07) is 13.0. The Morgan fingerprint density at radius 3 is 2.00 bits per heavy atom. The van der Waals surface area contributed by atoms with E-state index in [0.29, 0.717) is 11.4 Å². The van der Waals surface area contributed by atoms with E-state index in [4.69, 9.17) is 0 Å². The van der Waals surface area contributed by atoms with E-state index in [1.807, 2.05) is 37.3 Å². The van der Waals surface area contributed by atoms with Gasteiger partial charge < -0.3 is 16.0 Å². The molecule has 0 saturated carbocycles. The summed E-state index contributed by atoms with van der Waals surface area (Å²) >= 11 is 0. The minimum absolute atomic E-state index is 0.00656. The van der Waals surface area contributed by atoms with Crippen molar-refractivity contribution in [3.8, 4) is 0 Å². The van der Waals surface area contributed by atoms with Crippen LogP contribution in [0.1, 0.15) is 51.7 Å². The molecule has 5 nitrogen and oxygen atoms in total. The van der Waals surface area contributed by atoms with Crippen molar-refractivity contribution in [3.63, 3.8) is 0 Å². The molecule has 2 rings (SSSR count). The second-order valence-corrected chi connectivity index (χ2v) is 7.00. The molecule has 0 bridgehead atoms. The molecular formula is C23H31N3O2. The highest BCUT2D eigenvalue weighted by atomic mass is 16.2. The van der Waals surface area contributed by atoms with Gasteiger partial charge in [-0.2, -0.15) is 0 Å². The summed E-state index contributed by atoms with van der Waals surface area (Å²) in [7, 11) is 0. The average molecular weight is 382 g/mol. The van der Waals surface area contributed by atoms with Gasteiger partial charge in [-0.1, -0.05) is 58.4 Å². The molecule has 0 heterocycles. The van der Waals surface area contributed by atoms with Crippen LogP contribution in [0.5, 0.6) is 0 Å². The van der Waals surface area contributed by atoms with E-state index in [-0.39, 0.29) is 17.9 Å². The van der Waals surface area contributed by atoms with Crippen LogP contribution in [-0.4, -0.2) is 11.9 Å². The molecule has 0 aliphatic rings. The summed E-state index contributed by atoms with van der Waals surface area (Å²) in [5.74, 6) is -0.0455. The Morgan fingerprint density at radius 1 is 0.857 bits per heavy atom. The van der Waals surface area contributed by atoms with Crippen LogP contribution in [0.4, 0.5) is 21.9 Å². The molecule has 0 saturated heterocycles. The number of aryl methyl sites for hydroxylation is 2. The molecule has 0 aliphatic heterocycles. The summed E-state index contributed by atoms with van der Waals surface area (Å²) in [6.07, 6.45) is 3.51. The third kappa shape index (κ3) is 5.84. The molecule has 5 heteroatoms. The first-order valence-corrected chi connectivity index (χ1v) is 10.1. The molecule has 0 aliphatic carbocycles. The van der Waals surface area contributed by atoms with Crippen LogP contribution in [0.2, 0.25) is 0 Å². The van der Waals surface area contributed by atoms with Crippen molar-refractivity contribution in [1.29, 1.82) is 0 Å². The number of amides is 3. The third-order valence-corrected chi connectivity index (χ3v) is 4.79. The summed E-state index contributed by atoms with van der Waals surface area (Å²) in [5.41, 5.74) is 4.41. The quantitative estimate of drug-likeness (QED) is 0.538. The van der Waals surface area contributed by atoms with Crippen LogP contribution in [0.3, 0.4) is 0 Å². The van der Waals surface area contributed by atoms with Gasteiger partial charge in [0.2, 0.25) is 5.91 Å². The monoisotopic (exact) mass is 381 g/mol. The fourth-order valence-electron chi connectivity index (χ4n) is 3.18. The molecule has 2 aromatic carbocycles. The van der Waals surface area contributed by atoms with Crippen LogP contribution < -0.4 is 16.0 Å². The van der Waals surface area contributed by atoms with Crippen molar-refractivity contribution in [2.24, 2.45) is 5.92 Å². The lowest BCUT2D eigenvalue weighted by Gasteiger charge is -2.16. The normalized spacial score (nSPS) is 11.6. The van der Waals surface area contributed by atoms with Gasteiger partial charge in [-0.25, -0.2) is 4.79 Å². The molecule has 28 heavy (non-hydrogen) atoms. The van der Waals surface area contributed by atoms with Gasteiger partial charge in [0.05, 0.1) is 0 Å². The lowest BCUT2D eigenvalue weighted by Crippen LogP contribution is -2.22. The minimum atomic E-state index is -0.293. The van der Waals surface area contributed by atoms with Gasteiger partial charge in [-0.3, -0.25) is 4.79 Å². The van der Waals surface area contributed by atoms with Crippen LogP contribution in [0.25, 0.3) is 0 Å². The van der Waals surface area contributed by atoms with Crippen molar-refractivity contribution in [2.45, 2.75) is 53.4 Å². The summed E-state index contributed by atoms with van der Waals surface area (Å²) in [4.78, 5) is 24.7. The Balaban J connectivity index is 2.06. The number of carbonyl (C=O) groups excluding carboxylic acids is 2. The maximum Gasteiger partial charge on any atom is 0.323 e. The molecule has 3 amide bonds. The smallest absolute Gasteiger partial charge is 0.323 e. The fraction of sp³-hybridized carbons (Fsp3) is 0.391. The first kappa shape index (κ1) is 21.5. The molecule has 0 aromatic heterocycles. The Bertz CT molecular complexity index is 795. The standard InChI is InChI=1S/C23H31N3O2/c1-5-10-16(4)22(27)24-19-13-9-14-20(15-19)25-23(28)26-21-17(6-2)11-8-12-18(21)7-3/h8-9,11-16H,5-7,10H2,1-4H3,(H,24,27)(H2,25,26,28). The zero-order chi connectivity index (χ0) is 20.5. The predicted molar refractivity (Wildman–Crippen MR) is 117 cm³/mol. The van der Waals surface area contributed by atoms with E-state index in [1.54, 1.807) is 12.1 Å². The summed E-state index contributed by atoms with van der Waals surface area (Å²) in [6.45, 7) is 8.13. The van der Waals surface area contributed by atoms with E-state index in [0.717, 1.165) is 42.5 Å². The molecule has 1 atom stereocenters. The zero-order valence-corrected chi connectivity index (χ0v) is 17.3. The lowest BCUT2D eigenvalue weighted by atomic mass is 10.0. The van der Waals surface area contributed by atoms with Gasteiger partial charge in [0.15, 0.2) is 0 Å². The number of hydrogen-bond acceptors (Lipinski definition) is 2. The average Bonchev–Trinajstić information content (AvgIpc) is 2.68. The number of hydrogen-bond donors (Lipinski definition) is 3. The molecule has 0 spiro atoms. The summed E-state index contributed by atoms with van der Waals surface area (Å²) in [5, 5.41) is 8.76. The highest BCUT2D eigenvalue weighted by Gasteiger charge is 2.13. The first-order valence-electron chi connectivity index (χ1n) is 10.1. The second-order valence-electron chi connectivity index (χ2n) is 7.00. The van der Waals surface area contributed by atoms with Gasteiger partial charge >= 0.3 is 6.03 Å². The third-order valence-electron chi connectivity index (χ3n) is 4.79. The number of nitrogens with one attached hydrogen (secondary N) is 3. The Morgan fingerprint density at radius 2 is 1.43 bits per heavy atom. The Kier molecular flexibility index (Phi) is 8.05. The van der Waals surface area contributed by atoms with Crippen molar-refractivity contribution in [3.05, 3.63) is 53.6 Å². The minimum Gasteiger partial charge on any atom is -0.326 e. The molecule has 150 valence electrons. The maximum absolute atomic E-state index is 12.5. The molecular weight excluding hydrogens is 350 g/mol. The lowest BCUT2D eigenvalue weighted by molar-refractivity contribution is -0.119. The van der Waals surface area contributed by atoms with Crippen LogP contribution >= 0.6 is 0 Å². The molecule has 3 N–H and O–H groups in total. The maximum atomic E-state index is 12.5. The summed E-state index contributed by atoms with van der Waals surface area (Å²) < 4.78 is 0. The zero-order valence-electron chi connectivity index (χ0n) is 17.3. The number of para-hydroxylation sites is 1. The fourth-order valence-corrected chi connectivity index (χ4v) is 3.18. The number of urea groups is 1. The van der Waals surface area contributed by atoms with Crippen LogP contribution in [0, 0.1) is 5.92 Å². The number of carbonyl (C=O) groups is 2. The van der Waals surface area contributed by atoms with Crippen molar-refractivity contribution in [2.75, 3.05) is 16.0 Å². The molecule has 0 radical (unpaired) electrons. The van der Waals surface area contributed by atoms with Crippen molar-refractivity contribution < 1.29 is 9.59 Å². The van der Waals surface area contributed by atoms with Crippen molar-refractivity contribution in [1.82, 2.24) is 0 Å². The predicted octanol–water partition coefficient (Wildman–Crippen LogP) is 5.83. The first-order chi connectivity index (χ1) is 13.5. The van der Waals surface area contributed by atoms with E-state index in [2.05, 4.69) is 36.7 Å². The van der Waals surface area contributed by atoms with Crippen LogP contribution in [-0.2, 0) is 17.6 Å². The number of anilines is 3. The van der Waals surface area contributed by atoms with Crippen LogP contribution in [0.15, 0.2) is 42.5 Å². The van der Waals surface area contributed by atoms with E-state index >= 15 is 0 Å². The largest absolute Gasteiger partial charge is 0.326 e. The molecule has 0 fully saturated rings. The van der Waals surface area contributed by atoms with Gasteiger partial charge in [0, 0.05) is 23.0 Å². The SMILES string of the molecule is CCCC(C)C(=O)Nc1cccc(NC(=O)Nc2c(CC)cccc2CC)c1. The highest BCUT2D eigenvalue weighted by molar-refractivity contribution is 6.01. The van der Waals surface area contributed by atoms with Gasteiger partial charge in [0.1, 0.15) is 0 Å². The van der Waals surface area contributed by atoms with Gasteiger partial charge in [-0.15, -0.1) is 0 Å². The highest BCUT2D eigenvalue weighted by Crippen LogP contribution is 2.23. The van der Waals surface area contributed by atoms with Crippen molar-refractivity contribution >= 4 is 29.0 Å². The molecule has 2 aromatic rings. The number of rotatable bonds is 8. The number of benzene rings is 2. The van der Waals surface area contributed by atoms with E-state index < -0.39 is 0 Å². The Labute approximate surface area is 167 Å².